The van der Waals surface area contributed by atoms with Crippen LogP contribution in [0.3, 0.4) is 0 Å². The van der Waals surface area contributed by atoms with Gasteiger partial charge in [0.05, 0.1) is 0 Å². The number of rotatable bonds is 5. The zero-order valence-electron chi connectivity index (χ0n) is 11.9. The average Bonchev–Trinajstić information content (AvgIpc) is 2.37. The van der Waals surface area contributed by atoms with Crippen molar-refractivity contribution in [3.05, 3.63) is 45.3 Å². The summed E-state index contributed by atoms with van der Waals surface area (Å²) in [7, 11) is 0. The van der Waals surface area contributed by atoms with Gasteiger partial charge in [0.2, 0.25) is 0 Å². The summed E-state index contributed by atoms with van der Waals surface area (Å²) < 4.78 is 6.79. The highest BCUT2D eigenvalue weighted by atomic mass is 127. The maximum absolute atomic E-state index is 5.67. The first-order chi connectivity index (χ1) is 9.54. The predicted octanol–water partition coefficient (Wildman–Crippen LogP) is 3.68. The van der Waals surface area contributed by atoms with Crippen molar-refractivity contribution < 1.29 is 4.74 Å². The Labute approximate surface area is 133 Å². The van der Waals surface area contributed by atoms with E-state index in [9.17, 15) is 0 Å². The number of hydrogen-bond acceptors (Lipinski definition) is 4. The molecule has 0 radical (unpaired) electrons. The van der Waals surface area contributed by atoms with Gasteiger partial charge in [0.25, 0.3) is 0 Å². The summed E-state index contributed by atoms with van der Waals surface area (Å²) in [6.45, 7) is 6.98. The second-order valence-corrected chi connectivity index (χ2v) is 6.10. The zero-order chi connectivity index (χ0) is 14.5. The Bertz CT molecular complexity index is 587. The van der Waals surface area contributed by atoms with Gasteiger partial charge in [-0.2, -0.15) is 4.98 Å². The minimum atomic E-state index is 0.387. The van der Waals surface area contributed by atoms with E-state index in [0.29, 0.717) is 12.1 Å². The van der Waals surface area contributed by atoms with Crippen LogP contribution >= 0.6 is 22.6 Å². The molecule has 0 bridgehead atoms. The topological polar surface area (TPSA) is 47.0 Å². The molecule has 0 atom stereocenters. The Balaban J connectivity index is 2.09. The Morgan fingerprint density at radius 3 is 2.80 bits per heavy atom. The van der Waals surface area contributed by atoms with E-state index in [0.717, 1.165) is 27.1 Å². The first kappa shape index (κ1) is 15.2. The van der Waals surface area contributed by atoms with E-state index in [1.54, 1.807) is 0 Å². The minimum absolute atomic E-state index is 0.387. The van der Waals surface area contributed by atoms with Gasteiger partial charge in [-0.05, 0) is 47.7 Å². The highest BCUT2D eigenvalue weighted by molar-refractivity contribution is 14.1. The molecule has 0 amide bonds. The van der Waals surface area contributed by atoms with Gasteiger partial charge in [0.15, 0.2) is 0 Å². The van der Waals surface area contributed by atoms with E-state index >= 15 is 0 Å². The predicted molar refractivity (Wildman–Crippen MR) is 88.0 cm³/mol. The lowest BCUT2D eigenvalue weighted by Crippen LogP contribution is -2.22. The van der Waals surface area contributed by atoms with Crippen LogP contribution in [0.25, 0.3) is 0 Å². The number of hydrogen-bond donors (Lipinski definition) is 1. The third kappa shape index (κ3) is 4.42. The summed E-state index contributed by atoms with van der Waals surface area (Å²) in [5, 5.41) is 3.36. The van der Waals surface area contributed by atoms with Crippen LogP contribution in [0.15, 0.2) is 30.5 Å². The van der Waals surface area contributed by atoms with Gasteiger partial charge in [0.1, 0.15) is 5.75 Å². The fourth-order valence-electron chi connectivity index (χ4n) is 1.64. The lowest BCUT2D eigenvalue weighted by atomic mass is 10.2. The van der Waals surface area contributed by atoms with Crippen LogP contribution < -0.4 is 10.1 Å². The van der Waals surface area contributed by atoms with Gasteiger partial charge in [-0.25, -0.2) is 4.98 Å². The highest BCUT2D eigenvalue weighted by Gasteiger charge is 2.06. The molecule has 0 saturated carbocycles. The second kappa shape index (κ2) is 6.99. The Morgan fingerprint density at radius 2 is 2.15 bits per heavy atom. The standard InChI is InChI=1S/C15H18IN3O/c1-10(2)17-8-12-9-18-15(19-11(12)3)20-14-6-4-5-13(16)7-14/h4-7,9-10,17H,8H2,1-3H3. The number of nitrogens with zero attached hydrogens (tertiary/aromatic N) is 2. The van der Waals surface area contributed by atoms with Gasteiger partial charge < -0.3 is 10.1 Å². The summed E-state index contributed by atoms with van der Waals surface area (Å²) in [6.07, 6.45) is 1.82. The molecular weight excluding hydrogens is 365 g/mol. The minimum Gasteiger partial charge on any atom is -0.424 e. The van der Waals surface area contributed by atoms with E-state index in [-0.39, 0.29) is 0 Å². The Hall–Kier alpha value is -1.21. The molecular formula is C15H18IN3O. The van der Waals surface area contributed by atoms with E-state index in [4.69, 9.17) is 4.74 Å². The molecule has 1 heterocycles. The molecule has 1 aromatic carbocycles. The maximum Gasteiger partial charge on any atom is 0.322 e. The molecule has 2 rings (SSSR count). The van der Waals surface area contributed by atoms with Crippen LogP contribution in [0.4, 0.5) is 0 Å². The van der Waals surface area contributed by atoms with Crippen molar-refractivity contribution in [2.45, 2.75) is 33.4 Å². The lowest BCUT2D eigenvalue weighted by molar-refractivity contribution is 0.438. The molecule has 0 unspecified atom stereocenters. The van der Waals surface area contributed by atoms with Gasteiger partial charge >= 0.3 is 6.01 Å². The van der Waals surface area contributed by atoms with E-state index in [1.165, 1.54) is 0 Å². The van der Waals surface area contributed by atoms with Gasteiger partial charge in [-0.3, -0.25) is 0 Å². The molecule has 5 heteroatoms. The largest absolute Gasteiger partial charge is 0.424 e. The summed E-state index contributed by atoms with van der Waals surface area (Å²) in [4.78, 5) is 8.67. The number of benzene rings is 1. The summed E-state index contributed by atoms with van der Waals surface area (Å²) in [5.74, 6) is 0.754. The quantitative estimate of drug-likeness (QED) is 0.801. The molecule has 0 spiro atoms. The van der Waals surface area contributed by atoms with E-state index in [2.05, 4.69) is 51.7 Å². The lowest BCUT2D eigenvalue weighted by Gasteiger charge is -2.10. The van der Waals surface area contributed by atoms with Crippen molar-refractivity contribution in [3.63, 3.8) is 0 Å². The number of halogens is 1. The fraction of sp³-hybridized carbons (Fsp3) is 0.333. The Morgan fingerprint density at radius 1 is 1.35 bits per heavy atom. The van der Waals surface area contributed by atoms with Crippen molar-refractivity contribution in [2.75, 3.05) is 0 Å². The van der Waals surface area contributed by atoms with E-state index in [1.807, 2.05) is 37.4 Å². The molecule has 0 fully saturated rings. The van der Waals surface area contributed by atoms with Gasteiger partial charge in [0, 0.05) is 33.6 Å². The Kier molecular flexibility index (Phi) is 5.31. The molecule has 1 aromatic heterocycles. The third-order valence-electron chi connectivity index (χ3n) is 2.76. The molecule has 20 heavy (non-hydrogen) atoms. The average molecular weight is 383 g/mol. The van der Waals surface area contributed by atoms with Crippen molar-refractivity contribution >= 4 is 22.6 Å². The van der Waals surface area contributed by atoms with Crippen molar-refractivity contribution in [1.82, 2.24) is 15.3 Å². The molecule has 106 valence electrons. The van der Waals surface area contributed by atoms with Crippen molar-refractivity contribution in [3.8, 4) is 11.8 Å². The molecule has 4 nitrogen and oxygen atoms in total. The molecule has 2 aromatic rings. The molecule has 0 aliphatic rings. The van der Waals surface area contributed by atoms with E-state index < -0.39 is 0 Å². The van der Waals surface area contributed by atoms with Crippen LogP contribution in [0.5, 0.6) is 11.8 Å². The van der Waals surface area contributed by atoms with Crippen LogP contribution in [-0.2, 0) is 6.54 Å². The molecule has 0 saturated heterocycles. The number of aryl methyl sites for hydroxylation is 1. The number of nitrogens with one attached hydrogen (secondary N) is 1. The molecule has 0 aliphatic heterocycles. The van der Waals surface area contributed by atoms with Crippen LogP contribution in [0.2, 0.25) is 0 Å². The maximum atomic E-state index is 5.67. The number of aromatic nitrogens is 2. The first-order valence-electron chi connectivity index (χ1n) is 6.54. The summed E-state index contributed by atoms with van der Waals surface area (Å²) >= 11 is 2.25. The van der Waals surface area contributed by atoms with Crippen LogP contribution in [0, 0.1) is 10.5 Å². The summed E-state index contributed by atoms with van der Waals surface area (Å²) in [5.41, 5.74) is 2.03. The second-order valence-electron chi connectivity index (χ2n) is 4.86. The molecule has 0 aliphatic carbocycles. The third-order valence-corrected chi connectivity index (χ3v) is 3.44. The zero-order valence-corrected chi connectivity index (χ0v) is 14.0. The van der Waals surface area contributed by atoms with Crippen LogP contribution in [-0.4, -0.2) is 16.0 Å². The van der Waals surface area contributed by atoms with Gasteiger partial charge in [-0.15, -0.1) is 0 Å². The normalized spacial score (nSPS) is 10.8. The van der Waals surface area contributed by atoms with Gasteiger partial charge in [-0.1, -0.05) is 19.9 Å². The van der Waals surface area contributed by atoms with Crippen LogP contribution in [0.1, 0.15) is 25.1 Å². The first-order valence-corrected chi connectivity index (χ1v) is 7.62. The summed E-state index contributed by atoms with van der Waals surface area (Å²) in [6, 6.07) is 8.64. The van der Waals surface area contributed by atoms with Crippen molar-refractivity contribution in [1.29, 1.82) is 0 Å². The molecule has 1 N–H and O–H groups in total. The van der Waals surface area contributed by atoms with Crippen molar-refractivity contribution in [2.24, 2.45) is 0 Å². The smallest absolute Gasteiger partial charge is 0.322 e. The monoisotopic (exact) mass is 383 g/mol. The highest BCUT2D eigenvalue weighted by Crippen LogP contribution is 2.20. The number of ether oxygens (including phenoxy) is 1. The SMILES string of the molecule is Cc1nc(Oc2cccc(I)c2)ncc1CNC(C)C. The fourth-order valence-corrected chi connectivity index (χ4v) is 2.16.